The number of ether oxygens (including phenoxy) is 1. The Morgan fingerprint density at radius 1 is 1.12 bits per heavy atom. The Kier molecular flexibility index (Phi) is 6.08. The zero-order chi connectivity index (χ0) is 17.6. The minimum atomic E-state index is -0.615. The monoisotopic (exact) mass is 344 g/mol. The Hall–Kier alpha value is -1.88. The second kappa shape index (κ2) is 8.48. The quantitative estimate of drug-likeness (QED) is 0.893. The van der Waals surface area contributed by atoms with Crippen molar-refractivity contribution in [1.82, 2.24) is 10.2 Å². The molecule has 1 heterocycles. The van der Waals surface area contributed by atoms with E-state index in [1.807, 2.05) is 37.3 Å². The van der Waals surface area contributed by atoms with Crippen molar-refractivity contribution in [3.05, 3.63) is 35.9 Å². The van der Waals surface area contributed by atoms with Crippen molar-refractivity contribution in [1.29, 1.82) is 0 Å². The molecule has 0 bridgehead atoms. The summed E-state index contributed by atoms with van der Waals surface area (Å²) in [6, 6.07) is 8.93. The molecule has 0 radical (unpaired) electrons. The zero-order valence-electron chi connectivity index (χ0n) is 14.9. The van der Waals surface area contributed by atoms with Gasteiger partial charge >= 0.3 is 0 Å². The Balaban J connectivity index is 1.74. The van der Waals surface area contributed by atoms with Gasteiger partial charge in [-0.05, 0) is 24.3 Å². The summed E-state index contributed by atoms with van der Waals surface area (Å²) in [5.74, 6) is 0.338. The highest BCUT2D eigenvalue weighted by molar-refractivity contribution is 5.89. The maximum absolute atomic E-state index is 13.0. The molecule has 2 fully saturated rings. The summed E-state index contributed by atoms with van der Waals surface area (Å²) in [7, 11) is 0. The molecule has 1 aliphatic heterocycles. The highest BCUT2D eigenvalue weighted by Crippen LogP contribution is 2.31. The number of hydrogen-bond donors (Lipinski definition) is 1. The maximum Gasteiger partial charge on any atom is 0.249 e. The molecule has 1 aromatic rings. The van der Waals surface area contributed by atoms with Gasteiger partial charge < -0.3 is 15.0 Å². The van der Waals surface area contributed by atoms with Gasteiger partial charge in [-0.3, -0.25) is 9.59 Å². The standard InChI is InChI=1S/C20H28N2O3/c1-15(16-7-5-6-8-16)19(23)21-18(17-9-3-2-4-10-17)20(24)22-11-13-25-14-12-22/h2-4,9-10,15-16,18H,5-8,11-14H2,1H3,(H,21,23)/t15?,18-/m0/s1. The summed E-state index contributed by atoms with van der Waals surface area (Å²) in [6.45, 7) is 4.26. The van der Waals surface area contributed by atoms with Gasteiger partial charge in [0.05, 0.1) is 13.2 Å². The predicted molar refractivity (Wildman–Crippen MR) is 95.8 cm³/mol. The summed E-state index contributed by atoms with van der Waals surface area (Å²) in [5.41, 5.74) is 0.839. The van der Waals surface area contributed by atoms with E-state index >= 15 is 0 Å². The second-order valence-electron chi connectivity index (χ2n) is 7.12. The molecule has 0 aromatic heterocycles. The minimum Gasteiger partial charge on any atom is -0.378 e. The Bertz CT molecular complexity index is 578. The topological polar surface area (TPSA) is 58.6 Å². The second-order valence-corrected chi connectivity index (χ2v) is 7.12. The third-order valence-electron chi connectivity index (χ3n) is 5.51. The molecule has 1 unspecified atom stereocenters. The molecule has 1 saturated heterocycles. The lowest BCUT2D eigenvalue weighted by Gasteiger charge is -2.31. The van der Waals surface area contributed by atoms with Crippen molar-refractivity contribution in [3.8, 4) is 0 Å². The van der Waals surface area contributed by atoms with E-state index in [-0.39, 0.29) is 17.7 Å². The van der Waals surface area contributed by atoms with Gasteiger partial charge in [-0.25, -0.2) is 0 Å². The molecule has 2 atom stereocenters. The summed E-state index contributed by atoms with van der Waals surface area (Å²) in [4.78, 5) is 27.6. The lowest BCUT2D eigenvalue weighted by molar-refractivity contribution is -0.141. The van der Waals surface area contributed by atoms with Crippen LogP contribution < -0.4 is 5.32 Å². The molecule has 1 N–H and O–H groups in total. The van der Waals surface area contributed by atoms with E-state index in [1.54, 1.807) is 4.90 Å². The van der Waals surface area contributed by atoms with E-state index in [4.69, 9.17) is 4.74 Å². The van der Waals surface area contributed by atoms with Crippen LogP contribution in [-0.4, -0.2) is 43.0 Å². The molecule has 2 aliphatic rings. The normalized spacial score (nSPS) is 20.9. The van der Waals surface area contributed by atoms with Crippen molar-refractivity contribution in [2.75, 3.05) is 26.3 Å². The van der Waals surface area contributed by atoms with Gasteiger partial charge in [-0.2, -0.15) is 0 Å². The van der Waals surface area contributed by atoms with Gasteiger partial charge in [0, 0.05) is 19.0 Å². The van der Waals surface area contributed by atoms with Crippen LogP contribution in [-0.2, 0) is 14.3 Å². The molecule has 136 valence electrons. The minimum absolute atomic E-state index is 0.0117. The highest BCUT2D eigenvalue weighted by atomic mass is 16.5. The average Bonchev–Trinajstić information content (AvgIpc) is 3.21. The third kappa shape index (κ3) is 4.40. The zero-order valence-corrected chi connectivity index (χ0v) is 14.9. The predicted octanol–water partition coefficient (Wildman–Crippen LogP) is 2.53. The van der Waals surface area contributed by atoms with E-state index in [0.29, 0.717) is 32.2 Å². The van der Waals surface area contributed by atoms with E-state index < -0.39 is 6.04 Å². The number of hydrogen-bond acceptors (Lipinski definition) is 3. The van der Waals surface area contributed by atoms with Crippen LogP contribution in [0, 0.1) is 11.8 Å². The van der Waals surface area contributed by atoms with Gasteiger partial charge in [0.2, 0.25) is 11.8 Å². The number of carbonyl (C=O) groups excluding carboxylic acids is 2. The fraction of sp³-hybridized carbons (Fsp3) is 0.600. The fourth-order valence-electron chi connectivity index (χ4n) is 3.84. The lowest BCUT2D eigenvalue weighted by Crippen LogP contribution is -2.48. The van der Waals surface area contributed by atoms with Gasteiger partial charge in [0.1, 0.15) is 6.04 Å². The Morgan fingerprint density at radius 2 is 1.76 bits per heavy atom. The van der Waals surface area contributed by atoms with E-state index in [2.05, 4.69) is 5.32 Å². The SMILES string of the molecule is CC(C(=O)N[C@H](C(=O)N1CCOCC1)c1ccccc1)C1CCCC1. The highest BCUT2D eigenvalue weighted by Gasteiger charge is 2.32. The van der Waals surface area contributed by atoms with Crippen LogP contribution in [0.2, 0.25) is 0 Å². The molecule has 5 nitrogen and oxygen atoms in total. The first-order chi connectivity index (χ1) is 12.2. The van der Waals surface area contributed by atoms with Gasteiger partial charge in [0.25, 0.3) is 0 Å². The van der Waals surface area contributed by atoms with Crippen LogP contribution in [0.4, 0.5) is 0 Å². The molecular formula is C20H28N2O3. The van der Waals surface area contributed by atoms with Gasteiger partial charge in [-0.1, -0.05) is 50.1 Å². The molecule has 2 amide bonds. The first-order valence-corrected chi connectivity index (χ1v) is 9.38. The summed E-state index contributed by atoms with van der Waals surface area (Å²) >= 11 is 0. The van der Waals surface area contributed by atoms with Crippen LogP contribution in [0.25, 0.3) is 0 Å². The number of nitrogens with zero attached hydrogens (tertiary/aromatic N) is 1. The maximum atomic E-state index is 13.0. The van der Waals surface area contributed by atoms with Crippen molar-refractivity contribution < 1.29 is 14.3 Å². The Labute approximate surface area is 149 Å². The van der Waals surface area contributed by atoms with Crippen molar-refractivity contribution in [2.45, 2.75) is 38.6 Å². The number of amides is 2. The summed E-state index contributed by atoms with van der Waals surface area (Å²) < 4.78 is 5.34. The largest absolute Gasteiger partial charge is 0.378 e. The van der Waals surface area contributed by atoms with Crippen LogP contribution in [0.1, 0.15) is 44.2 Å². The van der Waals surface area contributed by atoms with Crippen LogP contribution in [0.3, 0.4) is 0 Å². The molecule has 5 heteroatoms. The molecule has 3 rings (SSSR count). The number of morpholine rings is 1. The van der Waals surface area contributed by atoms with Crippen molar-refractivity contribution in [2.24, 2.45) is 11.8 Å². The molecular weight excluding hydrogens is 316 g/mol. The van der Waals surface area contributed by atoms with Gasteiger partial charge in [0.15, 0.2) is 0 Å². The third-order valence-corrected chi connectivity index (χ3v) is 5.51. The first kappa shape index (κ1) is 17.9. The summed E-state index contributed by atoms with van der Waals surface area (Å²) in [6.07, 6.45) is 4.64. The van der Waals surface area contributed by atoms with Crippen molar-refractivity contribution >= 4 is 11.8 Å². The van der Waals surface area contributed by atoms with Crippen LogP contribution >= 0.6 is 0 Å². The van der Waals surface area contributed by atoms with E-state index in [0.717, 1.165) is 18.4 Å². The number of nitrogens with one attached hydrogen (secondary N) is 1. The average molecular weight is 344 g/mol. The Morgan fingerprint density at radius 3 is 2.40 bits per heavy atom. The summed E-state index contributed by atoms with van der Waals surface area (Å²) in [5, 5.41) is 3.04. The molecule has 1 aromatic carbocycles. The van der Waals surface area contributed by atoms with Crippen molar-refractivity contribution in [3.63, 3.8) is 0 Å². The molecule has 1 saturated carbocycles. The number of rotatable bonds is 5. The molecule has 25 heavy (non-hydrogen) atoms. The van der Waals surface area contributed by atoms with Crippen LogP contribution in [0.15, 0.2) is 30.3 Å². The smallest absolute Gasteiger partial charge is 0.249 e. The van der Waals surface area contributed by atoms with Crippen LogP contribution in [0.5, 0.6) is 0 Å². The van der Waals surface area contributed by atoms with E-state index in [9.17, 15) is 9.59 Å². The number of carbonyl (C=O) groups is 2. The lowest BCUT2D eigenvalue weighted by atomic mass is 9.91. The number of benzene rings is 1. The first-order valence-electron chi connectivity index (χ1n) is 9.38. The molecule has 0 spiro atoms. The molecule has 1 aliphatic carbocycles. The fourth-order valence-corrected chi connectivity index (χ4v) is 3.84. The van der Waals surface area contributed by atoms with E-state index in [1.165, 1.54) is 12.8 Å². The van der Waals surface area contributed by atoms with Gasteiger partial charge in [-0.15, -0.1) is 0 Å².